The third-order valence-corrected chi connectivity index (χ3v) is 4.19. The van der Waals surface area contributed by atoms with Gasteiger partial charge in [0.25, 0.3) is 0 Å². The van der Waals surface area contributed by atoms with Gasteiger partial charge in [0.1, 0.15) is 11.6 Å². The fraction of sp³-hybridized carbons (Fsp3) is 0.889. The molecule has 1 aliphatic heterocycles. The summed E-state index contributed by atoms with van der Waals surface area (Å²) in [5.74, 6) is -0.120. The highest BCUT2D eigenvalue weighted by molar-refractivity contribution is 5.85. The van der Waals surface area contributed by atoms with Crippen LogP contribution in [-0.2, 0) is 14.3 Å². The second-order valence-electron chi connectivity index (χ2n) is 7.86. The zero-order valence-electron chi connectivity index (χ0n) is 16.9. The van der Waals surface area contributed by atoms with Crippen LogP contribution in [0.15, 0.2) is 5.11 Å². The Morgan fingerprint density at radius 2 is 2.00 bits per heavy atom. The molecule has 1 heterocycles. The van der Waals surface area contributed by atoms with Gasteiger partial charge in [-0.3, -0.25) is 4.79 Å². The van der Waals surface area contributed by atoms with Gasteiger partial charge in [0.05, 0.1) is 6.10 Å². The minimum absolute atomic E-state index is 0.0347. The van der Waals surface area contributed by atoms with E-state index in [-0.39, 0.29) is 12.0 Å². The van der Waals surface area contributed by atoms with Crippen molar-refractivity contribution in [3.63, 3.8) is 0 Å². The van der Waals surface area contributed by atoms with Crippen LogP contribution >= 0.6 is 0 Å². The Kier molecular flexibility index (Phi) is 9.96. The van der Waals surface area contributed by atoms with Crippen molar-refractivity contribution < 1.29 is 19.1 Å². The predicted molar refractivity (Wildman–Crippen MR) is 102 cm³/mol. The maximum absolute atomic E-state index is 12.5. The van der Waals surface area contributed by atoms with E-state index in [9.17, 15) is 9.59 Å². The van der Waals surface area contributed by atoms with Gasteiger partial charge in [-0.1, -0.05) is 18.0 Å². The lowest BCUT2D eigenvalue weighted by Gasteiger charge is -2.24. The molecule has 0 spiro atoms. The SMILES string of the molecule is CN1C[C@H](OCCCCCCN=[N+]=[N-])CC[C@H](NC(=O)OC(C)(C)C)C1=O. The third-order valence-electron chi connectivity index (χ3n) is 4.19. The number of amides is 2. The number of nitrogens with zero attached hydrogens (tertiary/aromatic N) is 4. The molecule has 0 aromatic rings. The maximum atomic E-state index is 12.5. The quantitative estimate of drug-likeness (QED) is 0.284. The molecule has 9 heteroatoms. The first-order valence-corrected chi connectivity index (χ1v) is 9.60. The zero-order valence-corrected chi connectivity index (χ0v) is 16.9. The second kappa shape index (κ2) is 11.7. The number of azide groups is 1. The summed E-state index contributed by atoms with van der Waals surface area (Å²) >= 11 is 0. The third kappa shape index (κ3) is 10.1. The van der Waals surface area contributed by atoms with Crippen molar-refractivity contribution >= 4 is 12.0 Å². The highest BCUT2D eigenvalue weighted by atomic mass is 16.6. The van der Waals surface area contributed by atoms with E-state index in [0.717, 1.165) is 25.7 Å². The summed E-state index contributed by atoms with van der Waals surface area (Å²) in [5.41, 5.74) is 7.61. The Balaban J connectivity index is 2.34. The fourth-order valence-electron chi connectivity index (χ4n) is 2.88. The van der Waals surface area contributed by atoms with Crippen molar-refractivity contribution in [3.05, 3.63) is 10.4 Å². The molecule has 2 atom stereocenters. The van der Waals surface area contributed by atoms with E-state index in [1.807, 2.05) is 0 Å². The minimum Gasteiger partial charge on any atom is -0.444 e. The number of hydrogen-bond donors (Lipinski definition) is 1. The van der Waals surface area contributed by atoms with Gasteiger partial charge in [0, 0.05) is 31.7 Å². The molecule has 154 valence electrons. The number of carbonyl (C=O) groups is 2. The van der Waals surface area contributed by atoms with E-state index < -0.39 is 17.7 Å². The number of carbonyl (C=O) groups excluding carboxylic acids is 2. The molecular weight excluding hydrogens is 350 g/mol. The maximum Gasteiger partial charge on any atom is 0.408 e. The highest BCUT2D eigenvalue weighted by Crippen LogP contribution is 2.16. The Morgan fingerprint density at radius 1 is 1.30 bits per heavy atom. The first kappa shape index (κ1) is 23.0. The summed E-state index contributed by atoms with van der Waals surface area (Å²) in [7, 11) is 1.73. The van der Waals surface area contributed by atoms with Crippen LogP contribution in [0.25, 0.3) is 10.4 Å². The molecule has 0 radical (unpaired) electrons. The number of unbranched alkanes of at least 4 members (excludes halogenated alkanes) is 3. The number of hydrogen-bond acceptors (Lipinski definition) is 5. The van der Waals surface area contributed by atoms with E-state index in [0.29, 0.717) is 32.5 Å². The van der Waals surface area contributed by atoms with E-state index in [2.05, 4.69) is 15.3 Å². The zero-order chi connectivity index (χ0) is 20.3. The van der Waals surface area contributed by atoms with E-state index in [1.165, 1.54) is 0 Å². The molecule has 1 N–H and O–H groups in total. The Hall–Kier alpha value is -1.99. The molecule has 0 aromatic carbocycles. The lowest BCUT2D eigenvalue weighted by molar-refractivity contribution is -0.132. The van der Waals surface area contributed by atoms with E-state index in [1.54, 1.807) is 32.7 Å². The van der Waals surface area contributed by atoms with Crippen LogP contribution in [0.3, 0.4) is 0 Å². The average molecular weight is 383 g/mol. The van der Waals surface area contributed by atoms with Crippen molar-refractivity contribution in [2.24, 2.45) is 5.11 Å². The van der Waals surface area contributed by atoms with Crippen LogP contribution in [0, 0.1) is 0 Å². The van der Waals surface area contributed by atoms with Gasteiger partial charge in [-0.15, -0.1) is 0 Å². The van der Waals surface area contributed by atoms with Gasteiger partial charge < -0.3 is 19.7 Å². The van der Waals surface area contributed by atoms with Crippen molar-refractivity contribution in [2.75, 3.05) is 26.7 Å². The molecule has 1 fully saturated rings. The van der Waals surface area contributed by atoms with Gasteiger partial charge in [-0.05, 0) is 52.0 Å². The summed E-state index contributed by atoms with van der Waals surface area (Å²) in [6.07, 6.45) is 4.47. The number of alkyl carbamates (subject to hydrolysis) is 1. The van der Waals surface area contributed by atoms with Crippen LogP contribution in [0.4, 0.5) is 4.79 Å². The van der Waals surface area contributed by atoms with E-state index >= 15 is 0 Å². The standard InChI is InChI=1S/C18H33N5O4/c1-18(2,3)27-17(25)21-15-10-9-14(13-23(4)16(15)24)26-12-8-6-5-7-11-20-22-19/h14-15H,5-13H2,1-4H3,(H,21,25)/t14-,15+/m1/s1. The lowest BCUT2D eigenvalue weighted by Crippen LogP contribution is -2.47. The average Bonchev–Trinajstić information content (AvgIpc) is 2.69. The molecule has 0 saturated carbocycles. The summed E-state index contributed by atoms with van der Waals surface area (Å²) in [6, 6.07) is -0.584. The number of likely N-dealkylation sites (tertiary alicyclic amines) is 1. The highest BCUT2D eigenvalue weighted by Gasteiger charge is 2.31. The van der Waals surface area contributed by atoms with Gasteiger partial charge >= 0.3 is 6.09 Å². The van der Waals surface area contributed by atoms with Gasteiger partial charge in [-0.2, -0.15) is 0 Å². The molecule has 0 bridgehead atoms. The minimum atomic E-state index is -0.601. The molecule has 0 aliphatic carbocycles. The van der Waals surface area contributed by atoms with E-state index in [4.69, 9.17) is 15.0 Å². The normalized spacial score (nSPS) is 20.6. The molecule has 0 aromatic heterocycles. The van der Waals surface area contributed by atoms with Crippen LogP contribution in [0.1, 0.15) is 59.3 Å². The largest absolute Gasteiger partial charge is 0.444 e. The van der Waals surface area contributed by atoms with Crippen LogP contribution in [-0.4, -0.2) is 61.4 Å². The molecular formula is C18H33N5O4. The molecule has 1 rings (SSSR count). The molecule has 9 nitrogen and oxygen atoms in total. The smallest absolute Gasteiger partial charge is 0.408 e. The Morgan fingerprint density at radius 3 is 2.67 bits per heavy atom. The van der Waals surface area contributed by atoms with Crippen molar-refractivity contribution in [2.45, 2.75) is 77.0 Å². The van der Waals surface area contributed by atoms with Crippen LogP contribution in [0.5, 0.6) is 0 Å². The first-order chi connectivity index (χ1) is 12.7. The summed E-state index contributed by atoms with van der Waals surface area (Å²) < 4.78 is 11.2. The first-order valence-electron chi connectivity index (χ1n) is 9.60. The summed E-state index contributed by atoms with van der Waals surface area (Å²) in [6.45, 7) is 7.05. The fourth-order valence-corrected chi connectivity index (χ4v) is 2.88. The van der Waals surface area contributed by atoms with Crippen LogP contribution in [0.2, 0.25) is 0 Å². The number of rotatable bonds is 9. The van der Waals surface area contributed by atoms with Crippen molar-refractivity contribution in [1.82, 2.24) is 10.2 Å². The number of nitrogens with one attached hydrogen (secondary N) is 1. The second-order valence-corrected chi connectivity index (χ2v) is 7.86. The van der Waals surface area contributed by atoms with Gasteiger partial charge in [-0.25, -0.2) is 4.79 Å². The lowest BCUT2D eigenvalue weighted by atomic mass is 10.1. The molecule has 2 amide bonds. The van der Waals surface area contributed by atoms with Crippen molar-refractivity contribution in [1.29, 1.82) is 0 Å². The molecule has 1 aliphatic rings. The summed E-state index contributed by atoms with van der Waals surface area (Å²) in [5, 5.41) is 6.18. The Bertz CT molecular complexity index is 528. The topological polar surface area (TPSA) is 117 Å². The predicted octanol–water partition coefficient (Wildman–Crippen LogP) is 3.39. The molecule has 1 saturated heterocycles. The van der Waals surface area contributed by atoms with Crippen LogP contribution < -0.4 is 5.32 Å². The molecule has 27 heavy (non-hydrogen) atoms. The summed E-state index contributed by atoms with van der Waals surface area (Å²) in [4.78, 5) is 28.7. The van der Waals surface area contributed by atoms with Crippen molar-refractivity contribution in [3.8, 4) is 0 Å². The number of ether oxygens (including phenoxy) is 2. The van der Waals surface area contributed by atoms with Gasteiger partial charge in [0.15, 0.2) is 0 Å². The Labute approximate surface area is 161 Å². The molecule has 0 unspecified atom stereocenters. The monoisotopic (exact) mass is 383 g/mol. The van der Waals surface area contributed by atoms with Gasteiger partial charge in [0.2, 0.25) is 5.91 Å². The number of likely N-dealkylation sites (N-methyl/N-ethyl adjacent to an activating group) is 1.